The number of rotatable bonds is 6. The summed E-state index contributed by atoms with van der Waals surface area (Å²) >= 11 is 0. The molecule has 0 heterocycles. The molecule has 0 spiro atoms. The second-order valence-electron chi connectivity index (χ2n) is 4.03. The van der Waals surface area contributed by atoms with Gasteiger partial charge in [0.15, 0.2) is 0 Å². The van der Waals surface area contributed by atoms with Crippen LogP contribution in [0.3, 0.4) is 0 Å². The molecule has 9 nitrogen and oxygen atoms in total. The lowest BCUT2D eigenvalue weighted by Crippen LogP contribution is -2.46. The number of hydrogen-bond donors (Lipinski definition) is 4. The first-order chi connectivity index (χ1) is 8.66. The summed E-state index contributed by atoms with van der Waals surface area (Å²) in [5.41, 5.74) is 15.8. The fourth-order valence-electron chi connectivity index (χ4n) is 0.811. The topological polar surface area (TPSA) is 168 Å². The second kappa shape index (κ2) is 7.79. The van der Waals surface area contributed by atoms with Crippen molar-refractivity contribution in [2.24, 2.45) is 17.2 Å². The van der Waals surface area contributed by atoms with Crippen LogP contribution >= 0.6 is 0 Å². The van der Waals surface area contributed by atoms with Crippen LogP contribution in [-0.2, 0) is 23.9 Å². The van der Waals surface area contributed by atoms with Gasteiger partial charge in [0.1, 0.15) is 24.7 Å². The lowest BCUT2D eigenvalue weighted by molar-refractivity contribution is -0.164. The SMILES string of the molecule is C[C@H](N)C(=O)OC[C@H](N)C(=O)OC(=O)[C@@H](N)[C@@H](C)O. The first-order valence-corrected chi connectivity index (χ1v) is 5.53. The number of ether oxygens (including phenoxy) is 2. The van der Waals surface area contributed by atoms with E-state index in [2.05, 4.69) is 9.47 Å². The van der Waals surface area contributed by atoms with Crippen molar-refractivity contribution in [3.8, 4) is 0 Å². The lowest BCUT2D eigenvalue weighted by Gasteiger charge is -2.15. The summed E-state index contributed by atoms with van der Waals surface area (Å²) in [5.74, 6) is -2.97. The molecule has 0 amide bonds. The van der Waals surface area contributed by atoms with E-state index < -0.39 is 48.7 Å². The molecule has 9 heteroatoms. The molecule has 0 radical (unpaired) electrons. The third kappa shape index (κ3) is 6.25. The molecule has 0 bridgehead atoms. The quantitative estimate of drug-likeness (QED) is 0.291. The largest absolute Gasteiger partial charge is 0.462 e. The molecule has 0 rings (SSSR count). The number of aliphatic hydroxyl groups excluding tert-OH is 1. The number of nitrogens with two attached hydrogens (primary N) is 3. The molecule has 0 aliphatic carbocycles. The minimum absolute atomic E-state index is 0.476. The van der Waals surface area contributed by atoms with E-state index in [0.717, 1.165) is 0 Å². The van der Waals surface area contributed by atoms with E-state index in [9.17, 15) is 14.4 Å². The Morgan fingerprint density at radius 2 is 1.58 bits per heavy atom. The Hall–Kier alpha value is -1.55. The number of carbonyl (C=O) groups excluding carboxylic acids is 3. The molecule has 0 aliphatic heterocycles. The van der Waals surface area contributed by atoms with Gasteiger partial charge in [-0.25, -0.2) is 9.59 Å². The van der Waals surface area contributed by atoms with E-state index in [4.69, 9.17) is 22.3 Å². The van der Waals surface area contributed by atoms with Crippen molar-refractivity contribution in [1.29, 1.82) is 0 Å². The lowest BCUT2D eigenvalue weighted by atomic mass is 10.2. The molecule has 110 valence electrons. The van der Waals surface area contributed by atoms with Gasteiger partial charge < -0.3 is 31.8 Å². The number of aliphatic hydroxyl groups is 1. The molecule has 19 heavy (non-hydrogen) atoms. The second-order valence-corrected chi connectivity index (χ2v) is 4.03. The fourth-order valence-corrected chi connectivity index (χ4v) is 0.811. The molecule has 0 aromatic rings. The van der Waals surface area contributed by atoms with Gasteiger partial charge >= 0.3 is 17.9 Å². The van der Waals surface area contributed by atoms with Crippen LogP contribution in [0.4, 0.5) is 0 Å². The summed E-state index contributed by atoms with van der Waals surface area (Å²) in [6, 6.07) is -3.55. The minimum Gasteiger partial charge on any atom is -0.462 e. The van der Waals surface area contributed by atoms with Crippen molar-refractivity contribution in [2.75, 3.05) is 6.61 Å². The van der Waals surface area contributed by atoms with Crippen LogP contribution in [0.25, 0.3) is 0 Å². The Bertz CT molecular complexity index is 344. The molecule has 7 N–H and O–H groups in total. The highest BCUT2D eigenvalue weighted by molar-refractivity contribution is 5.91. The minimum atomic E-state index is -1.36. The molecule has 0 unspecified atom stereocenters. The van der Waals surface area contributed by atoms with Gasteiger partial charge in [0.05, 0.1) is 6.10 Å². The van der Waals surface area contributed by atoms with Crippen molar-refractivity contribution in [3.05, 3.63) is 0 Å². The van der Waals surface area contributed by atoms with Crippen molar-refractivity contribution < 1.29 is 29.0 Å². The number of esters is 3. The van der Waals surface area contributed by atoms with E-state index in [1.54, 1.807) is 0 Å². The van der Waals surface area contributed by atoms with Crippen LogP contribution in [0.1, 0.15) is 13.8 Å². The Kier molecular flexibility index (Phi) is 7.16. The van der Waals surface area contributed by atoms with Crippen LogP contribution in [0.5, 0.6) is 0 Å². The molecular weight excluding hydrogens is 258 g/mol. The Morgan fingerprint density at radius 3 is 2.00 bits per heavy atom. The van der Waals surface area contributed by atoms with Gasteiger partial charge in [-0.1, -0.05) is 0 Å². The average Bonchev–Trinajstić information content (AvgIpc) is 2.33. The highest BCUT2D eigenvalue weighted by Gasteiger charge is 2.26. The van der Waals surface area contributed by atoms with Crippen molar-refractivity contribution in [2.45, 2.75) is 38.1 Å². The fraction of sp³-hybridized carbons (Fsp3) is 0.700. The maximum absolute atomic E-state index is 11.3. The van der Waals surface area contributed by atoms with E-state index in [1.165, 1.54) is 13.8 Å². The highest BCUT2D eigenvalue weighted by Crippen LogP contribution is 1.96. The van der Waals surface area contributed by atoms with E-state index in [1.807, 2.05) is 0 Å². The molecule has 0 saturated carbocycles. The summed E-state index contributed by atoms with van der Waals surface area (Å²) < 4.78 is 8.91. The van der Waals surface area contributed by atoms with Gasteiger partial charge in [-0.05, 0) is 13.8 Å². The van der Waals surface area contributed by atoms with Crippen LogP contribution in [-0.4, -0.2) is 53.9 Å². The smallest absolute Gasteiger partial charge is 0.334 e. The summed E-state index contributed by atoms with van der Waals surface area (Å²) in [7, 11) is 0. The maximum Gasteiger partial charge on any atom is 0.334 e. The van der Waals surface area contributed by atoms with Gasteiger partial charge in [-0.15, -0.1) is 0 Å². The summed E-state index contributed by atoms with van der Waals surface area (Å²) in [6.07, 6.45) is -1.17. The van der Waals surface area contributed by atoms with Crippen LogP contribution in [0.15, 0.2) is 0 Å². The van der Waals surface area contributed by atoms with Gasteiger partial charge in [-0.2, -0.15) is 0 Å². The average molecular weight is 277 g/mol. The molecule has 0 saturated heterocycles. The Labute approximate surface area is 110 Å². The Morgan fingerprint density at radius 1 is 1.05 bits per heavy atom. The number of hydrogen-bond acceptors (Lipinski definition) is 9. The van der Waals surface area contributed by atoms with E-state index in [0.29, 0.717) is 0 Å². The highest BCUT2D eigenvalue weighted by atomic mass is 16.6. The van der Waals surface area contributed by atoms with Crippen molar-refractivity contribution in [1.82, 2.24) is 0 Å². The number of carbonyl (C=O) groups is 3. The molecule has 0 aromatic carbocycles. The molecule has 0 fully saturated rings. The van der Waals surface area contributed by atoms with Crippen LogP contribution < -0.4 is 17.2 Å². The standard InChI is InChI=1S/C10H19N3O6/c1-4(11)8(15)18-3-6(12)9(16)19-10(17)7(13)5(2)14/h4-7,14H,3,11-13H2,1-2H3/t4-,5+,6-,7-/m0/s1. The summed E-state index contributed by atoms with van der Waals surface area (Å²) in [6.45, 7) is 2.19. The van der Waals surface area contributed by atoms with Crippen molar-refractivity contribution >= 4 is 17.9 Å². The third-order valence-corrected chi connectivity index (χ3v) is 2.07. The maximum atomic E-state index is 11.3. The molecule has 0 aromatic heterocycles. The zero-order valence-corrected chi connectivity index (χ0v) is 10.7. The van der Waals surface area contributed by atoms with Crippen molar-refractivity contribution in [3.63, 3.8) is 0 Å². The van der Waals surface area contributed by atoms with Gasteiger partial charge in [-0.3, -0.25) is 4.79 Å². The van der Waals surface area contributed by atoms with E-state index >= 15 is 0 Å². The zero-order valence-electron chi connectivity index (χ0n) is 10.7. The first kappa shape index (κ1) is 17.4. The summed E-state index contributed by atoms with van der Waals surface area (Å²) in [5, 5.41) is 9.03. The Balaban J connectivity index is 4.21. The molecule has 4 atom stereocenters. The normalized spacial score (nSPS) is 16.9. The molecule has 0 aliphatic rings. The predicted octanol–water partition coefficient (Wildman–Crippen LogP) is -3.02. The summed E-state index contributed by atoms with van der Waals surface area (Å²) in [4.78, 5) is 33.6. The van der Waals surface area contributed by atoms with E-state index in [-0.39, 0.29) is 0 Å². The first-order valence-electron chi connectivity index (χ1n) is 5.53. The van der Waals surface area contributed by atoms with Gasteiger partial charge in [0.2, 0.25) is 0 Å². The third-order valence-electron chi connectivity index (χ3n) is 2.07. The van der Waals surface area contributed by atoms with Crippen LogP contribution in [0, 0.1) is 0 Å². The molecular formula is C10H19N3O6. The van der Waals surface area contributed by atoms with Gasteiger partial charge in [0, 0.05) is 0 Å². The predicted molar refractivity (Wildman–Crippen MR) is 63.3 cm³/mol. The zero-order chi connectivity index (χ0) is 15.2. The van der Waals surface area contributed by atoms with Crippen LogP contribution in [0.2, 0.25) is 0 Å². The monoisotopic (exact) mass is 277 g/mol. The van der Waals surface area contributed by atoms with Gasteiger partial charge in [0.25, 0.3) is 0 Å².